The summed E-state index contributed by atoms with van der Waals surface area (Å²) in [6.45, 7) is 7.25. The van der Waals surface area contributed by atoms with Crippen molar-refractivity contribution in [2.75, 3.05) is 39.6 Å². The first-order valence-corrected chi connectivity index (χ1v) is 39.6. The minimum Gasteiger partial charge on any atom is -0.462 e. The van der Waals surface area contributed by atoms with Crippen molar-refractivity contribution in [1.29, 1.82) is 0 Å². The average molecular weight is 1310 g/mol. The zero-order valence-corrected chi connectivity index (χ0v) is 59.4. The first kappa shape index (κ1) is 87.1. The van der Waals surface area contributed by atoms with Gasteiger partial charge in [-0.1, -0.05) is 311 Å². The topological polar surface area (TPSA) is 237 Å². The monoisotopic (exact) mass is 1310 g/mol. The molecule has 0 saturated carbocycles. The van der Waals surface area contributed by atoms with E-state index in [1.54, 1.807) is 0 Å². The molecule has 0 saturated heterocycles. The van der Waals surface area contributed by atoms with Crippen molar-refractivity contribution in [2.45, 2.75) is 380 Å². The summed E-state index contributed by atoms with van der Waals surface area (Å²) in [5, 5.41) is 10.6. The fourth-order valence-electron chi connectivity index (χ4n) is 10.6. The highest BCUT2D eigenvalue weighted by molar-refractivity contribution is 7.47. The van der Waals surface area contributed by atoms with Gasteiger partial charge in [-0.3, -0.25) is 37.3 Å². The van der Waals surface area contributed by atoms with Crippen LogP contribution in [0.15, 0.2) is 0 Å². The summed E-state index contributed by atoms with van der Waals surface area (Å²) in [6, 6.07) is 0. The number of unbranched alkanes of at least 4 members (excludes halogenated alkanes) is 42. The molecule has 0 bridgehead atoms. The largest absolute Gasteiger partial charge is 0.472 e. The van der Waals surface area contributed by atoms with E-state index >= 15 is 0 Å². The number of hydrogen-bond acceptors (Lipinski definition) is 15. The molecule has 0 aromatic rings. The second-order valence-electron chi connectivity index (χ2n) is 25.7. The number of hydrogen-bond donors (Lipinski definition) is 3. The van der Waals surface area contributed by atoms with Crippen LogP contribution in [-0.4, -0.2) is 96.7 Å². The Balaban J connectivity index is 5.24. The van der Waals surface area contributed by atoms with E-state index in [2.05, 4.69) is 34.6 Å². The number of carbonyl (C=O) groups is 4. The van der Waals surface area contributed by atoms with Crippen LogP contribution in [0.4, 0.5) is 0 Å². The SMILES string of the molecule is CCCCCCCCCCCCCCCC(=O)OC[C@H](COP(=O)(O)OC[C@@H](O)COP(=O)(O)OC[C@@H](COC(=O)CCCCCCCCCCCC)OC(=O)CCCCCCCCCCCCC)OC(=O)CCCCCCCCCCCCCCC(C)C. The smallest absolute Gasteiger partial charge is 0.462 e. The van der Waals surface area contributed by atoms with E-state index in [1.165, 1.54) is 186 Å². The third kappa shape index (κ3) is 64.6. The average Bonchev–Trinajstić information content (AvgIpc) is 3.70. The Morgan fingerprint density at radius 1 is 0.303 bits per heavy atom. The van der Waals surface area contributed by atoms with Crippen LogP contribution < -0.4 is 0 Å². The van der Waals surface area contributed by atoms with Gasteiger partial charge in [0.25, 0.3) is 0 Å². The van der Waals surface area contributed by atoms with Gasteiger partial charge in [-0.15, -0.1) is 0 Å². The van der Waals surface area contributed by atoms with Crippen molar-refractivity contribution in [3.8, 4) is 0 Å². The highest BCUT2D eigenvalue weighted by Crippen LogP contribution is 2.45. The van der Waals surface area contributed by atoms with E-state index in [9.17, 15) is 43.2 Å². The standard InChI is InChI=1S/C70H136O17P2/c1-6-9-12-15-18-21-24-25-30-34-39-44-49-54-68(73)81-60-66(87-70(75)56-51-46-41-36-31-27-26-29-32-37-42-47-52-63(4)5)62-85-89(78,79)83-58-64(71)57-82-88(76,77)84-61-65(59-80-67(72)53-48-43-38-33-23-20-17-14-11-8-3)86-69(74)55-50-45-40-35-28-22-19-16-13-10-7-2/h63-66,71H,6-62H2,1-5H3,(H,76,77)(H,78,79)/t64-,65+,66+/m0/s1. The summed E-state index contributed by atoms with van der Waals surface area (Å²) in [6.07, 6.45) is 49.7. The summed E-state index contributed by atoms with van der Waals surface area (Å²) >= 11 is 0. The van der Waals surface area contributed by atoms with Crippen LogP contribution in [0.1, 0.15) is 362 Å². The fourth-order valence-corrected chi connectivity index (χ4v) is 12.2. The Morgan fingerprint density at radius 2 is 0.517 bits per heavy atom. The van der Waals surface area contributed by atoms with E-state index in [1.807, 2.05) is 0 Å². The van der Waals surface area contributed by atoms with Gasteiger partial charge in [0.2, 0.25) is 0 Å². The third-order valence-corrected chi connectivity index (χ3v) is 18.2. The van der Waals surface area contributed by atoms with Crippen molar-refractivity contribution in [3.63, 3.8) is 0 Å². The lowest BCUT2D eigenvalue weighted by atomic mass is 10.0. The molecule has 0 heterocycles. The van der Waals surface area contributed by atoms with E-state index in [0.717, 1.165) is 95.8 Å². The Morgan fingerprint density at radius 3 is 0.764 bits per heavy atom. The van der Waals surface area contributed by atoms with Gasteiger partial charge in [-0.25, -0.2) is 9.13 Å². The molecule has 0 aliphatic rings. The molecule has 0 radical (unpaired) electrons. The summed E-state index contributed by atoms with van der Waals surface area (Å²) in [7, 11) is -9.90. The molecule has 0 amide bonds. The molecule has 528 valence electrons. The maximum absolute atomic E-state index is 13.0. The first-order chi connectivity index (χ1) is 43.0. The number of phosphoric ester groups is 2. The molecule has 17 nitrogen and oxygen atoms in total. The van der Waals surface area contributed by atoms with Crippen LogP contribution in [-0.2, 0) is 65.4 Å². The van der Waals surface area contributed by atoms with Gasteiger partial charge < -0.3 is 33.8 Å². The number of esters is 4. The number of rotatable bonds is 70. The zero-order valence-electron chi connectivity index (χ0n) is 57.6. The van der Waals surface area contributed by atoms with Crippen molar-refractivity contribution < 1.29 is 80.2 Å². The Hall–Kier alpha value is -1.94. The van der Waals surface area contributed by atoms with Crippen LogP contribution >= 0.6 is 15.6 Å². The molecule has 3 N–H and O–H groups in total. The lowest BCUT2D eigenvalue weighted by Gasteiger charge is -2.21. The fraction of sp³-hybridized carbons (Fsp3) is 0.943. The van der Waals surface area contributed by atoms with Crippen LogP contribution in [0.3, 0.4) is 0 Å². The summed E-state index contributed by atoms with van der Waals surface area (Å²) < 4.78 is 68.3. The number of ether oxygens (including phenoxy) is 4. The van der Waals surface area contributed by atoms with E-state index < -0.39 is 97.5 Å². The van der Waals surface area contributed by atoms with Crippen LogP contribution in [0, 0.1) is 5.92 Å². The maximum Gasteiger partial charge on any atom is 0.472 e. The molecule has 0 aliphatic heterocycles. The summed E-state index contributed by atoms with van der Waals surface area (Å²) in [5.74, 6) is -1.34. The molecule has 0 spiro atoms. The van der Waals surface area contributed by atoms with Gasteiger partial charge in [0.05, 0.1) is 26.4 Å². The Labute approximate surface area is 543 Å². The lowest BCUT2D eigenvalue weighted by molar-refractivity contribution is -0.161. The lowest BCUT2D eigenvalue weighted by Crippen LogP contribution is -2.30. The van der Waals surface area contributed by atoms with Crippen LogP contribution in [0.5, 0.6) is 0 Å². The maximum atomic E-state index is 13.0. The Kier molecular flexibility index (Phi) is 62.1. The molecule has 0 rings (SSSR count). The molecule has 2 unspecified atom stereocenters. The highest BCUT2D eigenvalue weighted by Gasteiger charge is 2.30. The quantitative estimate of drug-likeness (QED) is 0.0222. The molecule has 0 aromatic carbocycles. The molecule has 0 fully saturated rings. The normalized spacial score (nSPS) is 14.1. The van der Waals surface area contributed by atoms with Crippen LogP contribution in [0.25, 0.3) is 0 Å². The predicted molar refractivity (Wildman–Crippen MR) is 358 cm³/mol. The van der Waals surface area contributed by atoms with Crippen molar-refractivity contribution in [1.82, 2.24) is 0 Å². The predicted octanol–water partition coefficient (Wildman–Crippen LogP) is 20.1. The van der Waals surface area contributed by atoms with Gasteiger partial charge in [-0.05, 0) is 31.6 Å². The Bertz CT molecular complexity index is 1720. The zero-order chi connectivity index (χ0) is 65.6. The van der Waals surface area contributed by atoms with E-state index in [-0.39, 0.29) is 25.7 Å². The number of carbonyl (C=O) groups excluding carboxylic acids is 4. The summed E-state index contributed by atoms with van der Waals surface area (Å²) in [5.41, 5.74) is 0. The van der Waals surface area contributed by atoms with Gasteiger partial charge >= 0.3 is 39.5 Å². The molecule has 5 atom stereocenters. The highest BCUT2D eigenvalue weighted by atomic mass is 31.2. The minimum atomic E-state index is -4.95. The second-order valence-corrected chi connectivity index (χ2v) is 28.7. The van der Waals surface area contributed by atoms with E-state index in [4.69, 9.17) is 37.0 Å². The van der Waals surface area contributed by atoms with Gasteiger partial charge in [-0.2, -0.15) is 0 Å². The molecular formula is C70H136O17P2. The van der Waals surface area contributed by atoms with Crippen molar-refractivity contribution >= 4 is 39.5 Å². The minimum absolute atomic E-state index is 0.107. The van der Waals surface area contributed by atoms with Gasteiger partial charge in [0.1, 0.15) is 19.3 Å². The second kappa shape index (κ2) is 63.5. The van der Waals surface area contributed by atoms with Crippen LogP contribution in [0.2, 0.25) is 0 Å². The van der Waals surface area contributed by atoms with Gasteiger partial charge in [0, 0.05) is 25.7 Å². The third-order valence-electron chi connectivity index (χ3n) is 16.3. The van der Waals surface area contributed by atoms with Gasteiger partial charge in [0.15, 0.2) is 12.2 Å². The van der Waals surface area contributed by atoms with Crippen molar-refractivity contribution in [3.05, 3.63) is 0 Å². The first-order valence-electron chi connectivity index (χ1n) is 36.6. The van der Waals surface area contributed by atoms with E-state index in [0.29, 0.717) is 25.7 Å². The molecule has 0 aromatic heterocycles. The molecule has 0 aliphatic carbocycles. The molecule has 19 heteroatoms. The molecule has 89 heavy (non-hydrogen) atoms. The number of aliphatic hydroxyl groups excluding tert-OH is 1. The summed E-state index contributed by atoms with van der Waals surface area (Å²) in [4.78, 5) is 72.5. The van der Waals surface area contributed by atoms with Crippen molar-refractivity contribution in [2.24, 2.45) is 5.92 Å². The molecular weight excluding hydrogens is 1170 g/mol. The number of aliphatic hydroxyl groups is 1. The number of phosphoric acid groups is 2.